The number of nitrogens with one attached hydrogen (secondary N) is 2. The standard InChI is InChI=1S/C21H25N3O/c1-16(2)24(15-17-8-4-3-5-9-17)21(25)22-13-12-18-14-23-20-11-7-6-10-19(18)20/h3-11,14,16,23H,12-13,15H2,1-2H3,(H,22,25). The highest BCUT2D eigenvalue weighted by atomic mass is 16.2. The monoisotopic (exact) mass is 335 g/mol. The lowest BCUT2D eigenvalue weighted by Crippen LogP contribution is -2.44. The molecule has 0 radical (unpaired) electrons. The zero-order valence-electron chi connectivity index (χ0n) is 14.8. The van der Waals surface area contributed by atoms with E-state index in [4.69, 9.17) is 0 Å². The Hall–Kier alpha value is -2.75. The van der Waals surface area contributed by atoms with E-state index in [0.717, 1.165) is 17.5 Å². The van der Waals surface area contributed by atoms with Gasteiger partial charge in [-0.1, -0.05) is 48.5 Å². The van der Waals surface area contributed by atoms with Gasteiger partial charge in [0.1, 0.15) is 0 Å². The lowest BCUT2D eigenvalue weighted by atomic mass is 10.1. The predicted molar refractivity (Wildman–Crippen MR) is 103 cm³/mol. The molecule has 0 saturated carbocycles. The van der Waals surface area contributed by atoms with Gasteiger partial charge < -0.3 is 15.2 Å². The van der Waals surface area contributed by atoms with Crippen molar-refractivity contribution in [3.05, 3.63) is 71.9 Å². The van der Waals surface area contributed by atoms with Crippen LogP contribution in [-0.4, -0.2) is 28.5 Å². The van der Waals surface area contributed by atoms with Crippen LogP contribution in [0.15, 0.2) is 60.8 Å². The minimum absolute atomic E-state index is 0.0151. The fourth-order valence-electron chi connectivity index (χ4n) is 3.01. The van der Waals surface area contributed by atoms with Gasteiger partial charge in [-0.2, -0.15) is 0 Å². The van der Waals surface area contributed by atoms with Crippen LogP contribution >= 0.6 is 0 Å². The molecule has 0 bridgehead atoms. The number of aromatic amines is 1. The highest BCUT2D eigenvalue weighted by molar-refractivity contribution is 5.83. The molecule has 0 fully saturated rings. The van der Waals surface area contributed by atoms with Crippen LogP contribution in [0.25, 0.3) is 10.9 Å². The number of benzene rings is 2. The van der Waals surface area contributed by atoms with E-state index in [-0.39, 0.29) is 12.1 Å². The van der Waals surface area contributed by atoms with Crippen LogP contribution in [0.2, 0.25) is 0 Å². The van der Waals surface area contributed by atoms with E-state index in [9.17, 15) is 4.79 Å². The number of H-pyrrole nitrogens is 1. The summed E-state index contributed by atoms with van der Waals surface area (Å²) < 4.78 is 0. The summed E-state index contributed by atoms with van der Waals surface area (Å²) >= 11 is 0. The van der Waals surface area contributed by atoms with Gasteiger partial charge in [-0.05, 0) is 37.5 Å². The van der Waals surface area contributed by atoms with Gasteiger partial charge >= 0.3 is 6.03 Å². The summed E-state index contributed by atoms with van der Waals surface area (Å²) in [7, 11) is 0. The van der Waals surface area contributed by atoms with E-state index in [1.807, 2.05) is 55.3 Å². The first kappa shape index (κ1) is 17.1. The Labute approximate surface area is 148 Å². The highest BCUT2D eigenvalue weighted by Gasteiger charge is 2.16. The molecule has 2 amide bonds. The summed E-state index contributed by atoms with van der Waals surface area (Å²) in [6.45, 7) is 5.33. The van der Waals surface area contributed by atoms with Crippen LogP contribution in [0, 0.1) is 0 Å². The number of rotatable bonds is 6. The Bertz CT molecular complexity index is 823. The van der Waals surface area contributed by atoms with Gasteiger partial charge in [0.2, 0.25) is 0 Å². The van der Waals surface area contributed by atoms with Crippen molar-refractivity contribution in [3.63, 3.8) is 0 Å². The van der Waals surface area contributed by atoms with Crippen molar-refractivity contribution in [2.75, 3.05) is 6.54 Å². The Morgan fingerprint density at radius 3 is 2.56 bits per heavy atom. The maximum absolute atomic E-state index is 12.6. The van der Waals surface area contributed by atoms with Crippen molar-refractivity contribution in [1.82, 2.24) is 15.2 Å². The fraction of sp³-hybridized carbons (Fsp3) is 0.286. The first-order chi connectivity index (χ1) is 12.1. The molecular formula is C21H25N3O. The molecule has 2 aromatic carbocycles. The van der Waals surface area contributed by atoms with Crippen LogP contribution in [-0.2, 0) is 13.0 Å². The molecule has 0 unspecified atom stereocenters. The van der Waals surface area contributed by atoms with Crippen molar-refractivity contribution < 1.29 is 4.79 Å². The van der Waals surface area contributed by atoms with Gasteiger partial charge in [0.15, 0.2) is 0 Å². The summed E-state index contributed by atoms with van der Waals surface area (Å²) in [5, 5.41) is 4.28. The minimum atomic E-state index is -0.0151. The van der Waals surface area contributed by atoms with E-state index >= 15 is 0 Å². The molecule has 1 heterocycles. The van der Waals surface area contributed by atoms with Gasteiger partial charge in [0, 0.05) is 36.2 Å². The molecule has 4 nitrogen and oxygen atoms in total. The number of carbonyl (C=O) groups is 1. The second kappa shape index (κ2) is 7.88. The van der Waals surface area contributed by atoms with Crippen molar-refractivity contribution in [2.24, 2.45) is 0 Å². The lowest BCUT2D eigenvalue weighted by molar-refractivity contribution is 0.180. The van der Waals surface area contributed by atoms with Crippen LogP contribution < -0.4 is 5.32 Å². The molecular weight excluding hydrogens is 310 g/mol. The van der Waals surface area contributed by atoms with Crippen molar-refractivity contribution in [3.8, 4) is 0 Å². The molecule has 0 aliphatic rings. The third-order valence-corrected chi connectivity index (χ3v) is 4.43. The third-order valence-electron chi connectivity index (χ3n) is 4.43. The van der Waals surface area contributed by atoms with Crippen molar-refractivity contribution in [2.45, 2.75) is 32.9 Å². The number of hydrogen-bond donors (Lipinski definition) is 2. The summed E-state index contributed by atoms with van der Waals surface area (Å²) in [5.74, 6) is 0. The Morgan fingerprint density at radius 2 is 1.80 bits per heavy atom. The number of hydrogen-bond acceptors (Lipinski definition) is 1. The summed E-state index contributed by atoms with van der Waals surface area (Å²) in [4.78, 5) is 17.7. The zero-order chi connectivity index (χ0) is 17.6. The maximum Gasteiger partial charge on any atom is 0.317 e. The Kier molecular flexibility index (Phi) is 5.39. The largest absolute Gasteiger partial charge is 0.361 e. The summed E-state index contributed by atoms with van der Waals surface area (Å²) in [6, 6.07) is 18.5. The summed E-state index contributed by atoms with van der Waals surface area (Å²) in [5.41, 5.74) is 3.51. The van der Waals surface area contributed by atoms with Gasteiger partial charge in [-0.25, -0.2) is 4.79 Å². The van der Waals surface area contributed by atoms with E-state index in [0.29, 0.717) is 13.1 Å². The summed E-state index contributed by atoms with van der Waals surface area (Å²) in [6.07, 6.45) is 2.84. The van der Waals surface area contributed by atoms with Gasteiger partial charge in [-0.3, -0.25) is 0 Å². The van der Waals surface area contributed by atoms with Crippen LogP contribution in [0.3, 0.4) is 0 Å². The lowest BCUT2D eigenvalue weighted by Gasteiger charge is -2.27. The normalized spacial score (nSPS) is 11.0. The van der Waals surface area contributed by atoms with Crippen molar-refractivity contribution >= 4 is 16.9 Å². The molecule has 4 heteroatoms. The van der Waals surface area contributed by atoms with Gasteiger partial charge in [0.05, 0.1) is 0 Å². The highest BCUT2D eigenvalue weighted by Crippen LogP contribution is 2.17. The van der Waals surface area contributed by atoms with E-state index in [1.165, 1.54) is 10.9 Å². The molecule has 25 heavy (non-hydrogen) atoms. The number of nitrogens with zero attached hydrogens (tertiary/aromatic N) is 1. The third kappa shape index (κ3) is 4.21. The average Bonchev–Trinajstić information content (AvgIpc) is 3.03. The Balaban J connectivity index is 1.58. The molecule has 3 aromatic rings. The maximum atomic E-state index is 12.6. The van der Waals surface area contributed by atoms with E-state index in [2.05, 4.69) is 34.6 Å². The molecule has 0 aliphatic carbocycles. The van der Waals surface area contributed by atoms with Crippen molar-refractivity contribution in [1.29, 1.82) is 0 Å². The number of urea groups is 1. The number of carbonyl (C=O) groups excluding carboxylic acids is 1. The molecule has 0 atom stereocenters. The second-order valence-electron chi connectivity index (χ2n) is 6.55. The average molecular weight is 335 g/mol. The fourth-order valence-corrected chi connectivity index (χ4v) is 3.01. The second-order valence-corrected chi connectivity index (χ2v) is 6.55. The SMILES string of the molecule is CC(C)N(Cc1ccccc1)C(=O)NCCc1c[nH]c2ccccc12. The smallest absolute Gasteiger partial charge is 0.317 e. The molecule has 0 saturated heterocycles. The van der Waals surface area contributed by atoms with Crippen LogP contribution in [0.4, 0.5) is 4.79 Å². The Morgan fingerprint density at radius 1 is 1.08 bits per heavy atom. The molecule has 3 rings (SSSR count). The topological polar surface area (TPSA) is 48.1 Å². The zero-order valence-corrected chi connectivity index (χ0v) is 14.8. The molecule has 0 spiro atoms. The van der Waals surface area contributed by atoms with Gasteiger partial charge in [0.25, 0.3) is 0 Å². The molecule has 130 valence electrons. The first-order valence-electron chi connectivity index (χ1n) is 8.78. The van der Waals surface area contributed by atoms with Crippen LogP contribution in [0.1, 0.15) is 25.0 Å². The molecule has 2 N–H and O–H groups in total. The molecule has 1 aromatic heterocycles. The molecule has 0 aliphatic heterocycles. The first-order valence-corrected chi connectivity index (χ1v) is 8.78. The number of fused-ring (bicyclic) bond motifs is 1. The quantitative estimate of drug-likeness (QED) is 0.692. The minimum Gasteiger partial charge on any atom is -0.361 e. The number of aromatic nitrogens is 1. The van der Waals surface area contributed by atoms with Crippen LogP contribution in [0.5, 0.6) is 0 Å². The number of para-hydroxylation sites is 1. The van der Waals surface area contributed by atoms with Gasteiger partial charge in [-0.15, -0.1) is 0 Å². The predicted octanol–water partition coefficient (Wildman–Crippen LogP) is 4.33. The van der Waals surface area contributed by atoms with E-state index < -0.39 is 0 Å². The van der Waals surface area contributed by atoms with E-state index in [1.54, 1.807) is 0 Å². The number of amides is 2.